The van der Waals surface area contributed by atoms with Crippen LogP contribution < -0.4 is 0 Å². The Morgan fingerprint density at radius 1 is 0.471 bits per heavy atom. The van der Waals surface area contributed by atoms with Crippen molar-refractivity contribution in [2.75, 3.05) is 26.4 Å². The molecule has 68 heavy (non-hydrogen) atoms. The SMILES string of the molecule is CCCCC/C=C\C/C=C\C/C=C\CCCCCCCCC(=O)OC(COCCCCCCCCCCCCCCCC/C=C\CCCCCCCCCC)COC1OC(CO)C(O)C(O)C1O. The van der Waals surface area contributed by atoms with E-state index in [1.807, 2.05) is 0 Å². The Labute approximate surface area is 418 Å². The fourth-order valence-corrected chi connectivity index (χ4v) is 8.73. The van der Waals surface area contributed by atoms with Crippen LogP contribution in [0.5, 0.6) is 0 Å². The zero-order valence-corrected chi connectivity index (χ0v) is 44.1. The van der Waals surface area contributed by atoms with Gasteiger partial charge in [0.25, 0.3) is 0 Å². The molecule has 1 aliphatic heterocycles. The minimum Gasteiger partial charge on any atom is -0.457 e. The number of allylic oxidation sites excluding steroid dienone is 8. The van der Waals surface area contributed by atoms with E-state index >= 15 is 0 Å². The van der Waals surface area contributed by atoms with Crippen molar-refractivity contribution in [1.82, 2.24) is 0 Å². The number of rotatable bonds is 50. The smallest absolute Gasteiger partial charge is 0.306 e. The summed E-state index contributed by atoms with van der Waals surface area (Å²) in [5, 5.41) is 40.3. The van der Waals surface area contributed by atoms with Gasteiger partial charge in [0.15, 0.2) is 6.29 Å². The fourth-order valence-electron chi connectivity index (χ4n) is 8.73. The third kappa shape index (κ3) is 39.8. The van der Waals surface area contributed by atoms with E-state index in [-0.39, 0.29) is 19.2 Å². The first-order chi connectivity index (χ1) is 33.4. The van der Waals surface area contributed by atoms with Crippen molar-refractivity contribution in [3.8, 4) is 0 Å². The Balaban J connectivity index is 2.15. The standard InChI is InChI=1S/C59H108O9/c1-3-5-7-9-11-13-15-17-19-21-23-24-25-26-27-28-29-31-33-35-37-39-41-43-45-47-49-65-51-53(52-66-59-58(64)57(63)56(62)54(50-60)68-59)67-55(61)48-46-44-42-40-38-36-34-32-30-22-20-18-16-14-12-10-8-6-4-2/h12,14,18,20-21,23,30,32,53-54,56-60,62-64H,3-11,13,15-17,19,22,24-29,31,33-52H2,1-2H3/b14-12-,20-18-,23-21-,32-30-. The van der Waals surface area contributed by atoms with E-state index in [0.717, 1.165) is 57.8 Å². The van der Waals surface area contributed by atoms with Gasteiger partial charge in [-0.25, -0.2) is 0 Å². The third-order valence-corrected chi connectivity index (χ3v) is 13.2. The van der Waals surface area contributed by atoms with Crippen molar-refractivity contribution in [3.63, 3.8) is 0 Å². The van der Waals surface area contributed by atoms with Crippen LogP contribution in [-0.2, 0) is 23.7 Å². The Morgan fingerprint density at radius 2 is 0.853 bits per heavy atom. The lowest BCUT2D eigenvalue weighted by atomic mass is 9.99. The highest BCUT2D eigenvalue weighted by atomic mass is 16.7. The summed E-state index contributed by atoms with van der Waals surface area (Å²) < 4.78 is 23.0. The lowest BCUT2D eigenvalue weighted by Crippen LogP contribution is -2.59. The predicted molar refractivity (Wildman–Crippen MR) is 284 cm³/mol. The molecule has 0 saturated carbocycles. The highest BCUT2D eigenvalue weighted by Crippen LogP contribution is 2.23. The maximum Gasteiger partial charge on any atom is 0.306 e. The van der Waals surface area contributed by atoms with Gasteiger partial charge >= 0.3 is 5.97 Å². The second kappa shape index (κ2) is 50.1. The van der Waals surface area contributed by atoms with Crippen molar-refractivity contribution < 1.29 is 44.2 Å². The summed E-state index contributed by atoms with van der Waals surface area (Å²) in [6.45, 7) is 4.55. The van der Waals surface area contributed by atoms with Gasteiger partial charge in [-0.05, 0) is 77.0 Å². The van der Waals surface area contributed by atoms with Crippen molar-refractivity contribution in [3.05, 3.63) is 48.6 Å². The summed E-state index contributed by atoms with van der Waals surface area (Å²) in [6, 6.07) is 0. The van der Waals surface area contributed by atoms with Crippen LogP contribution in [0.4, 0.5) is 0 Å². The van der Waals surface area contributed by atoms with Crippen LogP contribution in [-0.4, -0.2) is 89.6 Å². The van der Waals surface area contributed by atoms with Crippen LogP contribution in [0.2, 0.25) is 0 Å². The highest BCUT2D eigenvalue weighted by molar-refractivity contribution is 5.69. The highest BCUT2D eigenvalue weighted by Gasteiger charge is 2.44. The maximum absolute atomic E-state index is 12.9. The molecular formula is C59H108O9. The molecule has 0 amide bonds. The number of ether oxygens (including phenoxy) is 4. The number of esters is 1. The summed E-state index contributed by atoms with van der Waals surface area (Å²) in [5.41, 5.74) is 0. The molecule has 1 aliphatic rings. The molecule has 1 heterocycles. The van der Waals surface area contributed by atoms with Crippen LogP contribution in [0.3, 0.4) is 0 Å². The molecule has 398 valence electrons. The molecule has 0 spiro atoms. The molecule has 6 atom stereocenters. The zero-order valence-electron chi connectivity index (χ0n) is 44.1. The van der Waals surface area contributed by atoms with E-state index in [0.29, 0.717) is 13.0 Å². The molecule has 0 aromatic rings. The van der Waals surface area contributed by atoms with Crippen molar-refractivity contribution in [1.29, 1.82) is 0 Å². The normalized spacial score (nSPS) is 19.4. The summed E-state index contributed by atoms with van der Waals surface area (Å²) in [5.74, 6) is -0.323. The molecule has 0 aliphatic carbocycles. The number of unbranched alkanes of at least 4 members (excludes halogenated alkanes) is 31. The minimum atomic E-state index is -1.54. The first kappa shape index (κ1) is 64.2. The summed E-state index contributed by atoms with van der Waals surface area (Å²) in [7, 11) is 0. The van der Waals surface area contributed by atoms with Crippen LogP contribution in [0.15, 0.2) is 48.6 Å². The first-order valence-corrected chi connectivity index (χ1v) is 28.7. The van der Waals surface area contributed by atoms with E-state index in [1.165, 1.54) is 180 Å². The van der Waals surface area contributed by atoms with Crippen molar-refractivity contribution in [2.24, 2.45) is 0 Å². The minimum absolute atomic E-state index is 0.118. The molecule has 0 aromatic carbocycles. The summed E-state index contributed by atoms with van der Waals surface area (Å²) >= 11 is 0. The van der Waals surface area contributed by atoms with Crippen LogP contribution in [0.25, 0.3) is 0 Å². The molecule has 0 aromatic heterocycles. The number of carbonyl (C=O) groups is 1. The number of hydrogen-bond acceptors (Lipinski definition) is 9. The predicted octanol–water partition coefficient (Wildman–Crippen LogP) is 14.8. The van der Waals surface area contributed by atoms with E-state index < -0.39 is 43.4 Å². The van der Waals surface area contributed by atoms with Crippen molar-refractivity contribution in [2.45, 2.75) is 295 Å². The molecule has 1 fully saturated rings. The van der Waals surface area contributed by atoms with Gasteiger partial charge in [-0.3, -0.25) is 4.79 Å². The van der Waals surface area contributed by atoms with Gasteiger partial charge in [0.2, 0.25) is 0 Å². The molecule has 4 N–H and O–H groups in total. The lowest BCUT2D eigenvalue weighted by Gasteiger charge is -2.39. The topological polar surface area (TPSA) is 135 Å². The number of hydrogen-bond donors (Lipinski definition) is 4. The second-order valence-electron chi connectivity index (χ2n) is 19.7. The quantitative estimate of drug-likeness (QED) is 0.0267. The van der Waals surface area contributed by atoms with Crippen LogP contribution in [0.1, 0.15) is 258 Å². The van der Waals surface area contributed by atoms with E-state index in [4.69, 9.17) is 18.9 Å². The van der Waals surface area contributed by atoms with Crippen LogP contribution >= 0.6 is 0 Å². The number of aliphatic hydroxyl groups is 4. The van der Waals surface area contributed by atoms with Gasteiger partial charge in [0.05, 0.1) is 19.8 Å². The molecule has 9 nitrogen and oxygen atoms in total. The number of aliphatic hydroxyl groups excluding tert-OH is 4. The molecule has 9 heteroatoms. The van der Waals surface area contributed by atoms with Gasteiger partial charge in [-0.1, -0.05) is 223 Å². The molecule has 1 rings (SSSR count). The molecule has 0 radical (unpaired) electrons. The molecule has 1 saturated heterocycles. The Hall–Kier alpha value is -1.85. The Bertz CT molecular complexity index is 1180. The molecular weight excluding hydrogens is 853 g/mol. The fraction of sp³-hybridized carbons (Fsp3) is 0.847. The zero-order chi connectivity index (χ0) is 49.2. The monoisotopic (exact) mass is 961 g/mol. The van der Waals surface area contributed by atoms with Gasteiger partial charge in [0.1, 0.15) is 30.5 Å². The van der Waals surface area contributed by atoms with Crippen LogP contribution in [0, 0.1) is 0 Å². The number of carbonyl (C=O) groups excluding carboxylic acids is 1. The first-order valence-electron chi connectivity index (χ1n) is 28.7. The largest absolute Gasteiger partial charge is 0.457 e. The molecule has 6 unspecified atom stereocenters. The van der Waals surface area contributed by atoms with Gasteiger partial charge in [-0.15, -0.1) is 0 Å². The van der Waals surface area contributed by atoms with E-state index in [9.17, 15) is 25.2 Å². The molecule has 0 bridgehead atoms. The van der Waals surface area contributed by atoms with Gasteiger partial charge in [0, 0.05) is 13.0 Å². The second-order valence-corrected chi connectivity index (χ2v) is 19.7. The average Bonchev–Trinajstić information content (AvgIpc) is 3.34. The Morgan fingerprint density at radius 3 is 1.32 bits per heavy atom. The van der Waals surface area contributed by atoms with Gasteiger partial charge < -0.3 is 39.4 Å². The lowest BCUT2D eigenvalue weighted by molar-refractivity contribution is -0.305. The van der Waals surface area contributed by atoms with E-state index in [1.54, 1.807) is 0 Å². The maximum atomic E-state index is 12.9. The summed E-state index contributed by atoms with van der Waals surface area (Å²) in [6.07, 6.45) is 57.3. The van der Waals surface area contributed by atoms with Crippen molar-refractivity contribution >= 4 is 5.97 Å². The third-order valence-electron chi connectivity index (χ3n) is 13.2. The summed E-state index contributed by atoms with van der Waals surface area (Å²) in [4.78, 5) is 12.9. The average molecular weight is 962 g/mol. The van der Waals surface area contributed by atoms with E-state index in [2.05, 4.69) is 62.5 Å². The van der Waals surface area contributed by atoms with Gasteiger partial charge in [-0.2, -0.15) is 0 Å². The Kier molecular flexibility index (Phi) is 47.3.